The summed E-state index contributed by atoms with van der Waals surface area (Å²) < 4.78 is 38.7. The van der Waals surface area contributed by atoms with E-state index in [1.165, 1.54) is 6.07 Å². The zero-order chi connectivity index (χ0) is 26.9. The van der Waals surface area contributed by atoms with Crippen LogP contribution in [0.15, 0.2) is 53.4 Å². The summed E-state index contributed by atoms with van der Waals surface area (Å²) in [5.41, 5.74) is -0.727. The van der Waals surface area contributed by atoms with E-state index >= 15 is 0 Å². The predicted molar refractivity (Wildman–Crippen MR) is 134 cm³/mol. The summed E-state index contributed by atoms with van der Waals surface area (Å²) in [5, 5.41) is 10.8. The highest BCUT2D eigenvalue weighted by molar-refractivity contribution is 7.98. The molecule has 0 aliphatic heterocycles. The van der Waals surface area contributed by atoms with Crippen molar-refractivity contribution in [1.82, 2.24) is 21.3 Å². The lowest BCUT2D eigenvalue weighted by Crippen LogP contribution is -2.56. The van der Waals surface area contributed by atoms with Gasteiger partial charge in [0.25, 0.3) is 5.91 Å². The molecule has 0 saturated carbocycles. The third-order valence-corrected chi connectivity index (χ3v) is 5.59. The topological polar surface area (TPSA) is 99.3 Å². The first-order valence-corrected chi connectivity index (χ1v) is 12.4. The van der Waals surface area contributed by atoms with Crippen molar-refractivity contribution in [3.8, 4) is 0 Å². The molecule has 0 fully saturated rings. The maximum absolute atomic E-state index is 12.9. The van der Waals surface area contributed by atoms with Crippen LogP contribution in [0.1, 0.15) is 42.3 Å². The van der Waals surface area contributed by atoms with Gasteiger partial charge in [-0.3, -0.25) is 14.4 Å². The van der Waals surface area contributed by atoms with Crippen molar-refractivity contribution >= 4 is 29.5 Å². The number of thioether (sulfide) groups is 1. The van der Waals surface area contributed by atoms with Crippen LogP contribution >= 0.6 is 11.8 Å². The standard InChI is InChI=1S/C25H31F3N4O3S/c1-24(2,3)32-23(35)20(14-29-13-16-8-10-19(36-4)11-9-16)31-21(33)15-30-22(34)17-6-5-7-18(12-17)25(26,27)28/h5-12,20,29H,13-15H2,1-4H3,(H,30,34)(H,31,33)(H,32,35). The Morgan fingerprint density at radius 2 is 1.67 bits per heavy atom. The van der Waals surface area contributed by atoms with Crippen molar-refractivity contribution in [1.29, 1.82) is 0 Å². The summed E-state index contributed by atoms with van der Waals surface area (Å²) in [7, 11) is 0. The van der Waals surface area contributed by atoms with Crippen molar-refractivity contribution in [3.05, 3.63) is 65.2 Å². The molecule has 0 saturated heterocycles. The lowest BCUT2D eigenvalue weighted by molar-refractivity contribution is -0.137. The Bertz CT molecular complexity index is 1050. The molecule has 1 unspecified atom stereocenters. The molecule has 2 rings (SSSR count). The molecule has 4 N–H and O–H groups in total. The number of hydrogen-bond acceptors (Lipinski definition) is 5. The molecule has 2 aromatic rings. The Labute approximate surface area is 213 Å². The molecule has 0 heterocycles. The van der Waals surface area contributed by atoms with E-state index in [9.17, 15) is 27.6 Å². The van der Waals surface area contributed by atoms with E-state index < -0.39 is 47.6 Å². The van der Waals surface area contributed by atoms with Gasteiger partial charge in [-0.25, -0.2) is 0 Å². The summed E-state index contributed by atoms with van der Waals surface area (Å²) in [6.45, 7) is 5.50. The summed E-state index contributed by atoms with van der Waals surface area (Å²) in [4.78, 5) is 38.6. The minimum atomic E-state index is -4.59. The molecular weight excluding hydrogens is 493 g/mol. The lowest BCUT2D eigenvalue weighted by Gasteiger charge is -2.26. The second-order valence-corrected chi connectivity index (χ2v) is 9.98. The number of hydrogen-bond donors (Lipinski definition) is 4. The molecule has 0 aliphatic rings. The van der Waals surface area contributed by atoms with E-state index in [2.05, 4.69) is 21.3 Å². The SMILES string of the molecule is CSc1ccc(CNCC(NC(=O)CNC(=O)c2cccc(C(F)(F)F)c2)C(=O)NC(C)(C)C)cc1. The molecule has 1 atom stereocenters. The van der Waals surface area contributed by atoms with Gasteiger partial charge in [0.15, 0.2) is 0 Å². The minimum absolute atomic E-state index is 0.125. The number of alkyl halides is 3. The van der Waals surface area contributed by atoms with E-state index in [4.69, 9.17) is 0 Å². The maximum atomic E-state index is 12.9. The van der Waals surface area contributed by atoms with Crippen molar-refractivity contribution < 1.29 is 27.6 Å². The van der Waals surface area contributed by atoms with Gasteiger partial charge < -0.3 is 21.3 Å². The van der Waals surface area contributed by atoms with Crippen LogP contribution < -0.4 is 21.3 Å². The quantitative estimate of drug-likeness (QED) is 0.358. The van der Waals surface area contributed by atoms with Gasteiger partial charge in [0, 0.05) is 29.1 Å². The third kappa shape index (κ3) is 9.90. The fourth-order valence-electron chi connectivity index (χ4n) is 3.11. The molecule has 0 radical (unpaired) electrons. The largest absolute Gasteiger partial charge is 0.416 e. The van der Waals surface area contributed by atoms with Crippen LogP contribution in [0.2, 0.25) is 0 Å². The Morgan fingerprint density at radius 1 is 1.00 bits per heavy atom. The number of amides is 3. The van der Waals surface area contributed by atoms with Crippen molar-refractivity contribution in [3.63, 3.8) is 0 Å². The van der Waals surface area contributed by atoms with Crippen LogP contribution in [-0.4, -0.2) is 48.6 Å². The summed E-state index contributed by atoms with van der Waals surface area (Å²) >= 11 is 1.63. The minimum Gasteiger partial charge on any atom is -0.350 e. The van der Waals surface area contributed by atoms with E-state index in [0.717, 1.165) is 22.6 Å². The average Bonchev–Trinajstić information content (AvgIpc) is 2.80. The molecule has 3 amide bonds. The first kappa shape index (κ1) is 29.2. The van der Waals surface area contributed by atoms with E-state index in [1.807, 2.05) is 30.5 Å². The van der Waals surface area contributed by atoms with Gasteiger partial charge >= 0.3 is 6.18 Å². The third-order valence-electron chi connectivity index (χ3n) is 4.85. The van der Waals surface area contributed by atoms with E-state index in [1.54, 1.807) is 32.5 Å². The molecule has 36 heavy (non-hydrogen) atoms. The van der Waals surface area contributed by atoms with Crippen molar-refractivity contribution in [2.75, 3.05) is 19.3 Å². The monoisotopic (exact) mass is 524 g/mol. The number of carbonyl (C=O) groups is 3. The molecule has 196 valence electrons. The maximum Gasteiger partial charge on any atom is 0.416 e. The van der Waals surface area contributed by atoms with Crippen LogP contribution in [0.5, 0.6) is 0 Å². The molecule has 2 aromatic carbocycles. The Morgan fingerprint density at radius 3 is 2.25 bits per heavy atom. The number of carbonyl (C=O) groups excluding carboxylic acids is 3. The van der Waals surface area contributed by atoms with Crippen molar-refractivity contribution in [2.24, 2.45) is 0 Å². The highest BCUT2D eigenvalue weighted by Crippen LogP contribution is 2.29. The number of rotatable bonds is 10. The average molecular weight is 525 g/mol. The molecule has 0 bridgehead atoms. The van der Waals surface area contributed by atoms with Crippen LogP contribution in [0, 0.1) is 0 Å². The zero-order valence-corrected chi connectivity index (χ0v) is 21.4. The predicted octanol–water partition coefficient (Wildman–Crippen LogP) is 3.35. The van der Waals surface area contributed by atoms with Crippen LogP contribution in [0.4, 0.5) is 13.2 Å². The van der Waals surface area contributed by atoms with Crippen LogP contribution in [0.25, 0.3) is 0 Å². The first-order chi connectivity index (χ1) is 16.8. The summed E-state index contributed by atoms with van der Waals surface area (Å²) in [6.07, 6.45) is -2.61. The second-order valence-electron chi connectivity index (χ2n) is 9.10. The molecule has 0 aliphatic carbocycles. The van der Waals surface area contributed by atoms with Crippen molar-refractivity contribution in [2.45, 2.75) is 50.0 Å². The Hall–Kier alpha value is -3.05. The van der Waals surface area contributed by atoms with Gasteiger partial charge in [0.1, 0.15) is 6.04 Å². The molecule has 11 heteroatoms. The smallest absolute Gasteiger partial charge is 0.350 e. The van der Waals surface area contributed by atoms with Crippen LogP contribution in [0.3, 0.4) is 0 Å². The molecule has 0 aromatic heterocycles. The normalized spacial score (nSPS) is 12.5. The van der Waals surface area contributed by atoms with Crippen LogP contribution in [-0.2, 0) is 22.3 Å². The van der Waals surface area contributed by atoms with Gasteiger partial charge in [-0.1, -0.05) is 18.2 Å². The first-order valence-electron chi connectivity index (χ1n) is 11.2. The van der Waals surface area contributed by atoms with Gasteiger partial charge in [0.2, 0.25) is 11.8 Å². The number of nitrogens with one attached hydrogen (secondary N) is 4. The van der Waals surface area contributed by atoms with Gasteiger partial charge in [-0.2, -0.15) is 13.2 Å². The Kier molecular flexibility index (Phi) is 10.4. The van der Waals surface area contributed by atoms with E-state index in [0.29, 0.717) is 12.6 Å². The zero-order valence-electron chi connectivity index (χ0n) is 20.6. The molecule has 0 spiro atoms. The van der Waals surface area contributed by atoms with Gasteiger partial charge in [0.05, 0.1) is 12.1 Å². The lowest BCUT2D eigenvalue weighted by atomic mass is 10.1. The van der Waals surface area contributed by atoms with E-state index in [-0.39, 0.29) is 12.1 Å². The summed E-state index contributed by atoms with van der Waals surface area (Å²) in [6, 6.07) is 10.9. The Balaban J connectivity index is 1.97. The second kappa shape index (κ2) is 12.8. The highest BCUT2D eigenvalue weighted by Gasteiger charge is 2.31. The highest BCUT2D eigenvalue weighted by atomic mass is 32.2. The van der Waals surface area contributed by atoms with Gasteiger partial charge in [-0.05, 0) is 62.9 Å². The fourth-order valence-corrected chi connectivity index (χ4v) is 3.52. The summed E-state index contributed by atoms with van der Waals surface area (Å²) in [5.74, 6) is -1.90. The van der Waals surface area contributed by atoms with Gasteiger partial charge in [-0.15, -0.1) is 11.8 Å². The fraction of sp³-hybridized carbons (Fsp3) is 0.400. The molecular formula is C25H31F3N4O3S. The molecule has 7 nitrogen and oxygen atoms in total. The number of halogens is 3. The number of benzene rings is 2.